The van der Waals surface area contributed by atoms with Crippen molar-refractivity contribution in [2.45, 2.75) is 32.0 Å². The molecular formula is C17H17F3N2O3. The lowest BCUT2D eigenvalue weighted by atomic mass is 10.1. The smallest absolute Gasteiger partial charge is 0.417 e. The predicted molar refractivity (Wildman–Crippen MR) is 85.4 cm³/mol. The number of hydrogen-bond acceptors (Lipinski definition) is 3. The van der Waals surface area contributed by atoms with Crippen LogP contribution in [0.1, 0.15) is 34.8 Å². The van der Waals surface area contributed by atoms with Gasteiger partial charge >= 0.3 is 6.18 Å². The van der Waals surface area contributed by atoms with Crippen LogP contribution in [-0.2, 0) is 12.6 Å². The van der Waals surface area contributed by atoms with Crippen LogP contribution in [0.5, 0.6) is 5.75 Å². The SMILES string of the molecule is CC(CCc1ccc(O)cc1)NC(=O)c1cc(C(F)(F)F)c[nH]c1=O. The number of aromatic hydroxyl groups is 1. The third kappa shape index (κ3) is 5.10. The first-order chi connectivity index (χ1) is 11.7. The highest BCUT2D eigenvalue weighted by atomic mass is 19.4. The number of phenols is 1. The summed E-state index contributed by atoms with van der Waals surface area (Å²) in [5, 5.41) is 11.7. The minimum Gasteiger partial charge on any atom is -0.508 e. The van der Waals surface area contributed by atoms with Crippen molar-refractivity contribution in [3.63, 3.8) is 0 Å². The Hall–Kier alpha value is -2.77. The Morgan fingerprint density at radius 1 is 1.28 bits per heavy atom. The van der Waals surface area contributed by atoms with E-state index in [0.29, 0.717) is 25.1 Å². The number of pyridine rings is 1. The molecule has 0 aliphatic carbocycles. The minimum atomic E-state index is -4.65. The highest BCUT2D eigenvalue weighted by Crippen LogP contribution is 2.28. The molecule has 0 aliphatic rings. The molecule has 2 aromatic rings. The van der Waals surface area contributed by atoms with Gasteiger partial charge in [0.15, 0.2) is 0 Å². The second kappa shape index (κ2) is 7.42. The zero-order valence-electron chi connectivity index (χ0n) is 13.4. The molecule has 25 heavy (non-hydrogen) atoms. The summed E-state index contributed by atoms with van der Waals surface area (Å²) < 4.78 is 38.1. The van der Waals surface area contributed by atoms with Gasteiger partial charge in [-0.05, 0) is 43.5 Å². The van der Waals surface area contributed by atoms with E-state index < -0.39 is 28.8 Å². The first-order valence-electron chi connectivity index (χ1n) is 7.55. The number of alkyl halides is 3. The Labute approximate surface area is 141 Å². The van der Waals surface area contributed by atoms with Crippen LogP contribution in [-0.4, -0.2) is 22.0 Å². The summed E-state index contributed by atoms with van der Waals surface area (Å²) in [6, 6.07) is 6.75. The van der Waals surface area contributed by atoms with Crippen molar-refractivity contribution in [2.24, 2.45) is 0 Å². The zero-order chi connectivity index (χ0) is 18.6. The van der Waals surface area contributed by atoms with Gasteiger partial charge in [0.1, 0.15) is 11.3 Å². The summed E-state index contributed by atoms with van der Waals surface area (Å²) in [6.07, 6.45) is -2.99. The van der Waals surface area contributed by atoms with Crippen LogP contribution in [0.2, 0.25) is 0 Å². The van der Waals surface area contributed by atoms with Gasteiger partial charge in [0.2, 0.25) is 0 Å². The number of aromatic nitrogens is 1. The number of carbonyl (C=O) groups is 1. The van der Waals surface area contributed by atoms with E-state index in [2.05, 4.69) is 5.32 Å². The second-order valence-corrected chi connectivity index (χ2v) is 5.71. The van der Waals surface area contributed by atoms with Gasteiger partial charge in [0, 0.05) is 12.2 Å². The maximum Gasteiger partial charge on any atom is 0.417 e. The average molecular weight is 354 g/mol. The van der Waals surface area contributed by atoms with Crippen molar-refractivity contribution in [2.75, 3.05) is 0 Å². The molecule has 0 fully saturated rings. The van der Waals surface area contributed by atoms with Gasteiger partial charge in [0.05, 0.1) is 5.56 Å². The summed E-state index contributed by atoms with van der Waals surface area (Å²) in [4.78, 5) is 25.6. The van der Waals surface area contributed by atoms with Crippen LogP contribution in [0.3, 0.4) is 0 Å². The molecule has 5 nitrogen and oxygen atoms in total. The average Bonchev–Trinajstić information content (AvgIpc) is 2.53. The van der Waals surface area contributed by atoms with Gasteiger partial charge in [-0.1, -0.05) is 12.1 Å². The number of amides is 1. The molecule has 134 valence electrons. The number of halogens is 3. The Morgan fingerprint density at radius 3 is 2.52 bits per heavy atom. The Bertz CT molecular complexity index is 798. The third-order valence-corrected chi connectivity index (χ3v) is 3.66. The minimum absolute atomic E-state index is 0.147. The van der Waals surface area contributed by atoms with Gasteiger partial charge in [-0.2, -0.15) is 13.2 Å². The molecule has 1 atom stereocenters. The lowest BCUT2D eigenvalue weighted by Crippen LogP contribution is -2.36. The Kier molecular flexibility index (Phi) is 5.51. The standard InChI is InChI=1S/C17H17F3N2O3/c1-10(2-3-11-4-6-13(23)7-5-11)22-16(25)14-8-12(17(18,19)20)9-21-15(14)24/h4-10,23H,2-3H2,1H3,(H,21,24)(H,22,25). The quantitative estimate of drug-likeness (QED) is 0.772. The molecule has 0 bridgehead atoms. The molecule has 0 saturated carbocycles. The summed E-state index contributed by atoms with van der Waals surface area (Å²) in [6.45, 7) is 1.69. The largest absolute Gasteiger partial charge is 0.508 e. The molecule has 1 aromatic carbocycles. The number of rotatable bonds is 5. The molecule has 1 aromatic heterocycles. The van der Waals surface area contributed by atoms with Crippen molar-refractivity contribution in [1.29, 1.82) is 0 Å². The van der Waals surface area contributed by atoms with E-state index in [1.807, 2.05) is 4.98 Å². The number of nitrogens with one attached hydrogen (secondary N) is 2. The summed E-state index contributed by atoms with van der Waals surface area (Å²) in [7, 11) is 0. The fourth-order valence-electron chi connectivity index (χ4n) is 2.24. The topological polar surface area (TPSA) is 82.2 Å². The summed E-state index contributed by atoms with van der Waals surface area (Å²) >= 11 is 0. The number of phenolic OH excluding ortho intramolecular Hbond substituents is 1. The first kappa shape index (κ1) is 18.6. The van der Waals surface area contributed by atoms with Crippen LogP contribution in [0.25, 0.3) is 0 Å². The number of carbonyl (C=O) groups excluding carboxylic acids is 1. The van der Waals surface area contributed by atoms with Crippen LogP contribution in [0.15, 0.2) is 41.3 Å². The normalized spacial score (nSPS) is 12.6. The van der Waals surface area contributed by atoms with Crippen molar-refractivity contribution < 1.29 is 23.1 Å². The van der Waals surface area contributed by atoms with E-state index in [1.165, 1.54) is 0 Å². The summed E-state index contributed by atoms with van der Waals surface area (Å²) in [5.74, 6) is -0.709. The van der Waals surface area contributed by atoms with Crippen LogP contribution in [0, 0.1) is 0 Å². The maximum absolute atomic E-state index is 12.7. The lowest BCUT2D eigenvalue weighted by molar-refractivity contribution is -0.137. The lowest BCUT2D eigenvalue weighted by Gasteiger charge is -2.14. The van der Waals surface area contributed by atoms with E-state index in [9.17, 15) is 27.9 Å². The van der Waals surface area contributed by atoms with E-state index in [-0.39, 0.29) is 11.8 Å². The molecule has 1 heterocycles. The number of hydrogen-bond donors (Lipinski definition) is 3. The van der Waals surface area contributed by atoms with E-state index in [4.69, 9.17) is 0 Å². The summed E-state index contributed by atoms with van der Waals surface area (Å²) in [5.41, 5.74) is -1.60. The molecule has 2 rings (SSSR count). The van der Waals surface area contributed by atoms with Crippen molar-refractivity contribution in [3.05, 3.63) is 63.6 Å². The highest BCUT2D eigenvalue weighted by Gasteiger charge is 2.32. The molecule has 0 aliphatic heterocycles. The predicted octanol–water partition coefficient (Wildman–Crippen LogP) is 2.85. The molecular weight excluding hydrogens is 337 g/mol. The van der Waals surface area contributed by atoms with Gasteiger partial charge < -0.3 is 15.4 Å². The van der Waals surface area contributed by atoms with Crippen molar-refractivity contribution in [3.8, 4) is 5.75 Å². The van der Waals surface area contributed by atoms with Gasteiger partial charge in [0.25, 0.3) is 11.5 Å². The fraction of sp³-hybridized carbons (Fsp3) is 0.294. The van der Waals surface area contributed by atoms with Gasteiger partial charge in [-0.25, -0.2) is 0 Å². The van der Waals surface area contributed by atoms with Gasteiger partial charge in [-0.3, -0.25) is 9.59 Å². The molecule has 3 N–H and O–H groups in total. The van der Waals surface area contributed by atoms with Crippen LogP contribution < -0.4 is 10.9 Å². The Balaban J connectivity index is 2.01. The monoisotopic (exact) mass is 354 g/mol. The molecule has 0 saturated heterocycles. The molecule has 0 spiro atoms. The maximum atomic E-state index is 12.7. The molecule has 8 heteroatoms. The van der Waals surface area contributed by atoms with Crippen molar-refractivity contribution in [1.82, 2.24) is 10.3 Å². The van der Waals surface area contributed by atoms with Gasteiger partial charge in [-0.15, -0.1) is 0 Å². The number of aryl methyl sites for hydroxylation is 1. The third-order valence-electron chi connectivity index (χ3n) is 3.66. The second-order valence-electron chi connectivity index (χ2n) is 5.71. The van der Waals surface area contributed by atoms with Crippen LogP contribution >= 0.6 is 0 Å². The molecule has 1 amide bonds. The van der Waals surface area contributed by atoms with Crippen molar-refractivity contribution >= 4 is 5.91 Å². The molecule has 0 radical (unpaired) electrons. The van der Waals surface area contributed by atoms with E-state index >= 15 is 0 Å². The first-order valence-corrected chi connectivity index (χ1v) is 7.55. The van der Waals surface area contributed by atoms with E-state index in [1.54, 1.807) is 31.2 Å². The number of benzene rings is 1. The van der Waals surface area contributed by atoms with E-state index in [0.717, 1.165) is 5.56 Å². The fourth-order valence-corrected chi connectivity index (χ4v) is 2.24. The van der Waals surface area contributed by atoms with Crippen LogP contribution in [0.4, 0.5) is 13.2 Å². The molecule has 1 unspecified atom stereocenters. The number of aromatic amines is 1. The zero-order valence-corrected chi connectivity index (χ0v) is 13.4. The Morgan fingerprint density at radius 2 is 1.92 bits per heavy atom. The number of H-pyrrole nitrogens is 1. The highest BCUT2D eigenvalue weighted by molar-refractivity contribution is 5.94.